The van der Waals surface area contributed by atoms with Crippen molar-refractivity contribution in [2.45, 2.75) is 45.6 Å². The summed E-state index contributed by atoms with van der Waals surface area (Å²) in [5.74, 6) is 0.270. The highest BCUT2D eigenvalue weighted by Gasteiger charge is 2.24. The van der Waals surface area contributed by atoms with E-state index in [1.165, 1.54) is 18.9 Å². The number of hydrogen-bond acceptors (Lipinski definition) is 1. The van der Waals surface area contributed by atoms with Gasteiger partial charge in [0.25, 0.3) is 0 Å². The van der Waals surface area contributed by atoms with Gasteiger partial charge in [-0.25, -0.2) is 8.78 Å². The molecule has 1 fully saturated rings. The van der Waals surface area contributed by atoms with Crippen LogP contribution in [0.2, 0.25) is 0 Å². The minimum Gasteiger partial charge on any atom is -0.380 e. The summed E-state index contributed by atoms with van der Waals surface area (Å²) in [6, 6.07) is 2.70. The van der Waals surface area contributed by atoms with E-state index in [1.807, 2.05) is 0 Å². The SMILES string of the molecule is CC(C)C1CCCC(Nc2cc(Br)c(F)cc2F)C1. The van der Waals surface area contributed by atoms with E-state index in [9.17, 15) is 8.78 Å². The molecule has 0 saturated heterocycles. The van der Waals surface area contributed by atoms with Crippen LogP contribution < -0.4 is 5.32 Å². The van der Waals surface area contributed by atoms with Gasteiger partial charge in [0, 0.05) is 12.1 Å². The van der Waals surface area contributed by atoms with Gasteiger partial charge in [0.05, 0.1) is 10.2 Å². The quantitative estimate of drug-likeness (QED) is 0.735. The highest BCUT2D eigenvalue weighted by Crippen LogP contribution is 2.32. The van der Waals surface area contributed by atoms with E-state index in [0.29, 0.717) is 22.0 Å². The number of benzene rings is 1. The zero-order valence-corrected chi connectivity index (χ0v) is 12.9. The lowest BCUT2D eigenvalue weighted by Gasteiger charge is -2.32. The van der Waals surface area contributed by atoms with Gasteiger partial charge in [-0.3, -0.25) is 0 Å². The predicted octanol–water partition coefficient (Wildman–Crippen LogP) is 5.35. The Labute approximate surface area is 121 Å². The van der Waals surface area contributed by atoms with Gasteiger partial charge in [-0.05, 0) is 46.7 Å². The molecule has 1 aliphatic carbocycles. The Balaban J connectivity index is 2.06. The number of hydrogen-bond donors (Lipinski definition) is 1. The van der Waals surface area contributed by atoms with E-state index in [2.05, 4.69) is 35.1 Å². The second kappa shape index (κ2) is 6.21. The third-order valence-electron chi connectivity index (χ3n) is 4.03. The molecule has 0 aliphatic heterocycles. The molecule has 1 saturated carbocycles. The van der Waals surface area contributed by atoms with Gasteiger partial charge in [0.1, 0.15) is 11.6 Å². The van der Waals surface area contributed by atoms with Gasteiger partial charge in [0.15, 0.2) is 0 Å². The molecule has 19 heavy (non-hydrogen) atoms. The minimum absolute atomic E-state index is 0.285. The fourth-order valence-corrected chi connectivity index (χ4v) is 3.16. The zero-order chi connectivity index (χ0) is 14.0. The summed E-state index contributed by atoms with van der Waals surface area (Å²) in [4.78, 5) is 0. The summed E-state index contributed by atoms with van der Waals surface area (Å²) >= 11 is 3.10. The van der Waals surface area contributed by atoms with E-state index < -0.39 is 11.6 Å². The average molecular weight is 332 g/mol. The lowest BCUT2D eigenvalue weighted by molar-refractivity contribution is 0.264. The first-order valence-corrected chi connectivity index (χ1v) is 7.67. The van der Waals surface area contributed by atoms with Crippen molar-refractivity contribution >= 4 is 21.6 Å². The first-order chi connectivity index (χ1) is 8.97. The van der Waals surface area contributed by atoms with Gasteiger partial charge < -0.3 is 5.32 Å². The molecule has 2 rings (SSSR count). The smallest absolute Gasteiger partial charge is 0.149 e. The van der Waals surface area contributed by atoms with Crippen LogP contribution in [0.4, 0.5) is 14.5 Å². The Kier molecular flexibility index (Phi) is 4.82. The third kappa shape index (κ3) is 3.68. The summed E-state index contributed by atoms with van der Waals surface area (Å²) in [6.07, 6.45) is 4.54. The number of rotatable bonds is 3. The Bertz CT molecular complexity index is 448. The van der Waals surface area contributed by atoms with Gasteiger partial charge in [0.2, 0.25) is 0 Å². The molecule has 0 aromatic heterocycles. The Morgan fingerprint density at radius 2 is 1.95 bits per heavy atom. The number of anilines is 1. The molecule has 106 valence electrons. The van der Waals surface area contributed by atoms with Crippen molar-refractivity contribution in [3.63, 3.8) is 0 Å². The summed E-state index contributed by atoms with van der Waals surface area (Å²) in [7, 11) is 0. The summed E-state index contributed by atoms with van der Waals surface area (Å²) in [6.45, 7) is 4.48. The van der Waals surface area contributed by atoms with Gasteiger partial charge >= 0.3 is 0 Å². The van der Waals surface area contributed by atoms with Crippen molar-refractivity contribution in [1.29, 1.82) is 0 Å². The fraction of sp³-hybridized carbons (Fsp3) is 0.600. The molecule has 4 heteroatoms. The highest BCUT2D eigenvalue weighted by molar-refractivity contribution is 9.10. The van der Waals surface area contributed by atoms with Crippen LogP contribution in [-0.4, -0.2) is 6.04 Å². The van der Waals surface area contributed by atoms with Crippen LogP contribution in [0.15, 0.2) is 16.6 Å². The maximum Gasteiger partial charge on any atom is 0.149 e. The molecule has 1 aromatic carbocycles. The van der Waals surface area contributed by atoms with Crippen LogP contribution in [0, 0.1) is 23.5 Å². The molecule has 1 aromatic rings. The number of nitrogens with one attached hydrogen (secondary N) is 1. The first kappa shape index (κ1) is 14.8. The summed E-state index contributed by atoms with van der Waals surface area (Å²) in [5, 5.41) is 3.23. The molecule has 2 atom stereocenters. The third-order valence-corrected chi connectivity index (χ3v) is 4.63. The second-order valence-electron chi connectivity index (χ2n) is 5.76. The summed E-state index contributed by atoms with van der Waals surface area (Å²) < 4.78 is 27.2. The van der Waals surface area contributed by atoms with Crippen molar-refractivity contribution in [2.24, 2.45) is 11.8 Å². The molecule has 2 unspecified atom stereocenters. The van der Waals surface area contributed by atoms with Crippen LogP contribution in [0.25, 0.3) is 0 Å². The fourth-order valence-electron chi connectivity index (χ4n) is 2.82. The normalized spacial score (nSPS) is 23.7. The lowest BCUT2D eigenvalue weighted by atomic mass is 9.79. The van der Waals surface area contributed by atoms with Crippen molar-refractivity contribution < 1.29 is 8.78 Å². The van der Waals surface area contributed by atoms with Crippen LogP contribution in [0.5, 0.6) is 0 Å². The topological polar surface area (TPSA) is 12.0 Å². The maximum atomic E-state index is 13.7. The molecule has 0 radical (unpaired) electrons. The maximum absolute atomic E-state index is 13.7. The van der Waals surface area contributed by atoms with Gasteiger partial charge in [-0.15, -0.1) is 0 Å². The van der Waals surface area contributed by atoms with E-state index in [0.717, 1.165) is 18.9 Å². The van der Waals surface area contributed by atoms with Crippen LogP contribution in [-0.2, 0) is 0 Å². The summed E-state index contributed by atoms with van der Waals surface area (Å²) in [5.41, 5.74) is 0.391. The molecule has 0 amide bonds. The Hall–Kier alpha value is -0.640. The van der Waals surface area contributed by atoms with E-state index in [-0.39, 0.29) is 6.04 Å². The zero-order valence-electron chi connectivity index (χ0n) is 11.3. The van der Waals surface area contributed by atoms with E-state index in [4.69, 9.17) is 0 Å². The minimum atomic E-state index is -0.563. The average Bonchev–Trinajstić information content (AvgIpc) is 2.36. The first-order valence-electron chi connectivity index (χ1n) is 6.88. The molecule has 1 N–H and O–H groups in total. The van der Waals surface area contributed by atoms with E-state index >= 15 is 0 Å². The Morgan fingerprint density at radius 1 is 1.21 bits per heavy atom. The standard InChI is InChI=1S/C15H20BrF2N/c1-9(2)10-4-3-5-11(6-10)19-15-7-12(16)13(17)8-14(15)18/h7-11,19H,3-6H2,1-2H3. The monoisotopic (exact) mass is 331 g/mol. The molecule has 1 nitrogen and oxygen atoms in total. The highest BCUT2D eigenvalue weighted by atomic mass is 79.9. The van der Waals surface area contributed by atoms with Crippen LogP contribution in [0.3, 0.4) is 0 Å². The lowest BCUT2D eigenvalue weighted by Crippen LogP contribution is -2.29. The molecule has 0 spiro atoms. The molecular formula is C15H20BrF2N. The predicted molar refractivity (Wildman–Crippen MR) is 78.3 cm³/mol. The second-order valence-corrected chi connectivity index (χ2v) is 6.61. The Morgan fingerprint density at radius 3 is 2.63 bits per heavy atom. The van der Waals surface area contributed by atoms with Crippen LogP contribution >= 0.6 is 15.9 Å². The van der Waals surface area contributed by atoms with E-state index in [1.54, 1.807) is 0 Å². The van der Waals surface area contributed by atoms with Crippen molar-refractivity contribution in [3.05, 3.63) is 28.2 Å². The number of halogens is 3. The van der Waals surface area contributed by atoms with Crippen LogP contribution in [0.1, 0.15) is 39.5 Å². The van der Waals surface area contributed by atoms with Gasteiger partial charge in [-0.2, -0.15) is 0 Å². The molecule has 0 heterocycles. The van der Waals surface area contributed by atoms with Crippen molar-refractivity contribution in [3.8, 4) is 0 Å². The molecule has 1 aliphatic rings. The van der Waals surface area contributed by atoms with Crippen molar-refractivity contribution in [1.82, 2.24) is 0 Å². The largest absolute Gasteiger partial charge is 0.380 e. The van der Waals surface area contributed by atoms with Crippen molar-refractivity contribution in [2.75, 3.05) is 5.32 Å². The molecular weight excluding hydrogens is 312 g/mol. The molecule has 0 bridgehead atoms. The van der Waals surface area contributed by atoms with Gasteiger partial charge in [-0.1, -0.05) is 26.7 Å².